The maximum atomic E-state index is 11.9. The van der Waals surface area contributed by atoms with Crippen LogP contribution in [0.4, 0.5) is 0 Å². The van der Waals surface area contributed by atoms with E-state index in [1.54, 1.807) is 6.07 Å². The maximum absolute atomic E-state index is 11.9. The molecule has 0 spiro atoms. The summed E-state index contributed by atoms with van der Waals surface area (Å²) in [4.78, 5) is 16.2. The minimum Gasteiger partial charge on any atom is -0.408 e. The van der Waals surface area contributed by atoms with Crippen LogP contribution >= 0.6 is 0 Å². The zero-order valence-electron chi connectivity index (χ0n) is 13.4. The second kappa shape index (κ2) is 6.37. The van der Waals surface area contributed by atoms with Gasteiger partial charge in [0.25, 0.3) is 0 Å². The van der Waals surface area contributed by atoms with Gasteiger partial charge in [0.1, 0.15) is 12.6 Å². The van der Waals surface area contributed by atoms with E-state index in [-0.39, 0.29) is 12.6 Å². The predicted molar refractivity (Wildman–Crippen MR) is 83.1 cm³/mol. The zero-order valence-corrected chi connectivity index (χ0v) is 13.4. The molecule has 23 heavy (non-hydrogen) atoms. The van der Waals surface area contributed by atoms with E-state index < -0.39 is 5.76 Å². The van der Waals surface area contributed by atoms with E-state index in [0.717, 1.165) is 0 Å². The summed E-state index contributed by atoms with van der Waals surface area (Å²) in [7, 11) is 0. The first-order chi connectivity index (χ1) is 11.0. The van der Waals surface area contributed by atoms with E-state index in [2.05, 4.69) is 24.0 Å². The standard InChI is InChI=1S/C16H19N3O4/c1-10(2)9-21-11(3)15-17-14(23-18-15)8-19-12-6-4-5-7-13(12)22-16(19)20/h4-7,10-11H,8-9H2,1-3H3. The summed E-state index contributed by atoms with van der Waals surface area (Å²) in [6.07, 6.45) is -0.257. The fraction of sp³-hybridized carbons (Fsp3) is 0.438. The van der Waals surface area contributed by atoms with E-state index in [4.69, 9.17) is 13.7 Å². The minimum absolute atomic E-state index is 0.166. The molecule has 0 aliphatic heterocycles. The van der Waals surface area contributed by atoms with Crippen LogP contribution in [-0.4, -0.2) is 21.3 Å². The summed E-state index contributed by atoms with van der Waals surface area (Å²) >= 11 is 0. The highest BCUT2D eigenvalue weighted by molar-refractivity contribution is 5.72. The lowest BCUT2D eigenvalue weighted by Crippen LogP contribution is -2.15. The molecule has 7 heteroatoms. The van der Waals surface area contributed by atoms with Crippen molar-refractivity contribution in [1.82, 2.24) is 14.7 Å². The van der Waals surface area contributed by atoms with E-state index in [1.165, 1.54) is 4.57 Å². The van der Waals surface area contributed by atoms with Gasteiger partial charge in [0, 0.05) is 6.61 Å². The quantitative estimate of drug-likeness (QED) is 0.695. The van der Waals surface area contributed by atoms with Gasteiger partial charge in [-0.1, -0.05) is 31.1 Å². The van der Waals surface area contributed by atoms with Gasteiger partial charge in [0.15, 0.2) is 11.4 Å². The molecule has 1 unspecified atom stereocenters. The first kappa shape index (κ1) is 15.5. The van der Waals surface area contributed by atoms with Gasteiger partial charge in [-0.05, 0) is 25.0 Å². The molecule has 0 aliphatic carbocycles. The van der Waals surface area contributed by atoms with Gasteiger partial charge in [0.05, 0.1) is 5.52 Å². The van der Waals surface area contributed by atoms with Gasteiger partial charge in [-0.2, -0.15) is 4.98 Å². The van der Waals surface area contributed by atoms with Crippen LogP contribution in [0.25, 0.3) is 11.1 Å². The third-order valence-corrected chi connectivity index (χ3v) is 3.39. The molecular weight excluding hydrogens is 298 g/mol. The van der Waals surface area contributed by atoms with Crippen molar-refractivity contribution in [2.75, 3.05) is 6.61 Å². The van der Waals surface area contributed by atoms with Crippen molar-refractivity contribution < 1.29 is 13.7 Å². The molecule has 2 aromatic heterocycles. The van der Waals surface area contributed by atoms with Crippen LogP contribution < -0.4 is 5.76 Å². The number of fused-ring (bicyclic) bond motifs is 1. The highest BCUT2D eigenvalue weighted by Gasteiger charge is 2.17. The first-order valence-corrected chi connectivity index (χ1v) is 7.57. The van der Waals surface area contributed by atoms with Crippen molar-refractivity contribution in [3.63, 3.8) is 0 Å². The highest BCUT2D eigenvalue weighted by atomic mass is 16.5. The van der Waals surface area contributed by atoms with Crippen LogP contribution in [-0.2, 0) is 11.3 Å². The van der Waals surface area contributed by atoms with Crippen LogP contribution in [0.2, 0.25) is 0 Å². The number of hydrogen-bond acceptors (Lipinski definition) is 6. The van der Waals surface area contributed by atoms with Crippen LogP contribution in [0.5, 0.6) is 0 Å². The number of nitrogens with zero attached hydrogens (tertiary/aromatic N) is 3. The largest absolute Gasteiger partial charge is 0.420 e. The molecule has 1 aromatic carbocycles. The minimum atomic E-state index is -0.449. The number of rotatable bonds is 6. The topological polar surface area (TPSA) is 83.3 Å². The van der Waals surface area contributed by atoms with E-state index >= 15 is 0 Å². The number of ether oxygens (including phenoxy) is 1. The smallest absolute Gasteiger partial charge is 0.408 e. The molecule has 0 radical (unpaired) electrons. The Morgan fingerprint density at radius 2 is 2.04 bits per heavy atom. The summed E-state index contributed by atoms with van der Waals surface area (Å²) in [5.74, 6) is 0.796. The molecule has 0 aliphatic rings. The summed E-state index contributed by atoms with van der Waals surface area (Å²) in [5.41, 5.74) is 1.23. The molecule has 0 bridgehead atoms. The van der Waals surface area contributed by atoms with Gasteiger partial charge in [-0.3, -0.25) is 4.57 Å². The average molecular weight is 317 g/mol. The molecule has 3 rings (SSSR count). The SMILES string of the molecule is CC(C)COC(C)c1noc(Cn2c(=O)oc3ccccc32)n1. The molecule has 1 atom stereocenters. The Hall–Kier alpha value is -2.41. The Morgan fingerprint density at radius 1 is 1.26 bits per heavy atom. The van der Waals surface area contributed by atoms with Crippen LogP contribution in [0, 0.1) is 5.92 Å². The van der Waals surface area contributed by atoms with Crippen molar-refractivity contribution in [3.05, 3.63) is 46.5 Å². The molecular formula is C16H19N3O4. The number of hydrogen-bond donors (Lipinski definition) is 0. The molecule has 0 saturated carbocycles. The molecule has 3 aromatic rings. The lowest BCUT2D eigenvalue weighted by Gasteiger charge is -2.10. The number of para-hydroxylation sites is 2. The molecule has 0 fully saturated rings. The van der Waals surface area contributed by atoms with E-state index in [0.29, 0.717) is 35.3 Å². The Kier molecular flexibility index (Phi) is 4.29. The average Bonchev–Trinajstić information content (AvgIpc) is 3.11. The summed E-state index contributed by atoms with van der Waals surface area (Å²) < 4.78 is 17.5. The molecule has 0 saturated heterocycles. The molecule has 0 N–H and O–H groups in total. The van der Waals surface area contributed by atoms with Gasteiger partial charge < -0.3 is 13.7 Å². The molecule has 0 amide bonds. The normalized spacial score (nSPS) is 13.0. The summed E-state index contributed by atoms with van der Waals surface area (Å²) in [6, 6.07) is 7.21. The third-order valence-electron chi connectivity index (χ3n) is 3.39. The van der Waals surface area contributed by atoms with Crippen molar-refractivity contribution in [1.29, 1.82) is 0 Å². The summed E-state index contributed by atoms with van der Waals surface area (Å²) in [6.45, 7) is 6.81. The van der Waals surface area contributed by atoms with Gasteiger partial charge in [-0.15, -0.1) is 0 Å². The van der Waals surface area contributed by atoms with Crippen molar-refractivity contribution in [3.8, 4) is 0 Å². The maximum Gasteiger partial charge on any atom is 0.420 e. The number of benzene rings is 1. The fourth-order valence-corrected chi connectivity index (χ4v) is 2.21. The van der Waals surface area contributed by atoms with Gasteiger partial charge in [0.2, 0.25) is 5.89 Å². The highest BCUT2D eigenvalue weighted by Crippen LogP contribution is 2.16. The van der Waals surface area contributed by atoms with Crippen LogP contribution in [0.1, 0.15) is 38.6 Å². The lowest BCUT2D eigenvalue weighted by molar-refractivity contribution is 0.0402. The molecule has 122 valence electrons. The zero-order chi connectivity index (χ0) is 16.4. The molecule has 2 heterocycles. The number of oxazole rings is 1. The second-order valence-corrected chi connectivity index (χ2v) is 5.84. The Labute approximate surface area is 132 Å². The third kappa shape index (κ3) is 3.34. The van der Waals surface area contributed by atoms with Crippen molar-refractivity contribution in [2.45, 2.75) is 33.4 Å². The summed E-state index contributed by atoms with van der Waals surface area (Å²) in [5, 5.41) is 3.93. The van der Waals surface area contributed by atoms with Crippen molar-refractivity contribution >= 4 is 11.1 Å². The van der Waals surface area contributed by atoms with E-state index in [1.807, 2.05) is 25.1 Å². The van der Waals surface area contributed by atoms with Crippen LogP contribution in [0.15, 0.2) is 38.0 Å². The van der Waals surface area contributed by atoms with Crippen molar-refractivity contribution in [2.24, 2.45) is 5.92 Å². The number of aromatic nitrogens is 3. The Balaban J connectivity index is 1.78. The Bertz CT molecular complexity index is 846. The second-order valence-electron chi connectivity index (χ2n) is 5.84. The monoisotopic (exact) mass is 317 g/mol. The predicted octanol–water partition coefficient (Wildman–Crippen LogP) is 2.76. The van der Waals surface area contributed by atoms with E-state index in [9.17, 15) is 4.79 Å². The first-order valence-electron chi connectivity index (χ1n) is 7.57. The molecule has 7 nitrogen and oxygen atoms in total. The Morgan fingerprint density at radius 3 is 2.83 bits per heavy atom. The van der Waals surface area contributed by atoms with Gasteiger partial charge in [-0.25, -0.2) is 4.79 Å². The fourth-order valence-electron chi connectivity index (χ4n) is 2.21. The lowest BCUT2D eigenvalue weighted by atomic mass is 10.2. The van der Waals surface area contributed by atoms with Gasteiger partial charge >= 0.3 is 5.76 Å². The van der Waals surface area contributed by atoms with Crippen LogP contribution in [0.3, 0.4) is 0 Å².